The van der Waals surface area contributed by atoms with Crippen LogP contribution >= 0.6 is 0 Å². The van der Waals surface area contributed by atoms with Gasteiger partial charge in [-0.1, -0.05) is 0 Å². The van der Waals surface area contributed by atoms with Crippen molar-refractivity contribution in [1.29, 1.82) is 5.26 Å². The standard InChI is InChI=1S/C8H5NO3/c9-3-5-1-2-6(4-10)8(12)7(5)11/h1-2,4,11-12H. The number of benzene rings is 1. The highest BCUT2D eigenvalue weighted by atomic mass is 16.3. The van der Waals surface area contributed by atoms with Gasteiger partial charge in [-0.2, -0.15) is 5.26 Å². The molecule has 0 heterocycles. The van der Waals surface area contributed by atoms with Crippen molar-refractivity contribution in [2.45, 2.75) is 0 Å². The van der Waals surface area contributed by atoms with Crippen LogP contribution in [0, 0.1) is 11.3 Å². The van der Waals surface area contributed by atoms with Gasteiger partial charge in [0.1, 0.15) is 6.07 Å². The first-order valence-corrected chi connectivity index (χ1v) is 3.11. The van der Waals surface area contributed by atoms with Crippen molar-refractivity contribution in [3.63, 3.8) is 0 Å². The Hall–Kier alpha value is -2.02. The summed E-state index contributed by atoms with van der Waals surface area (Å²) in [4.78, 5) is 10.2. The number of phenolic OH excluding ortho intramolecular Hbond substituents is 2. The SMILES string of the molecule is N#Cc1ccc(C=O)c(O)c1O. The predicted octanol–water partition coefficient (Wildman–Crippen LogP) is 0.782. The normalized spacial score (nSPS) is 8.92. The summed E-state index contributed by atoms with van der Waals surface area (Å²) in [5.74, 6) is -1.11. The zero-order valence-electron chi connectivity index (χ0n) is 5.98. The zero-order chi connectivity index (χ0) is 9.14. The molecule has 0 bridgehead atoms. The molecule has 0 spiro atoms. The summed E-state index contributed by atoms with van der Waals surface area (Å²) in [7, 11) is 0. The molecule has 0 aliphatic carbocycles. The minimum atomic E-state index is -0.554. The zero-order valence-corrected chi connectivity index (χ0v) is 5.98. The molecule has 12 heavy (non-hydrogen) atoms. The Balaban J connectivity index is 3.41. The van der Waals surface area contributed by atoms with Gasteiger partial charge in [0.05, 0.1) is 11.1 Å². The summed E-state index contributed by atoms with van der Waals surface area (Å²) >= 11 is 0. The van der Waals surface area contributed by atoms with Gasteiger partial charge in [0, 0.05) is 0 Å². The first kappa shape index (κ1) is 8.08. The fourth-order valence-corrected chi connectivity index (χ4v) is 0.781. The Morgan fingerprint density at radius 2 is 2.00 bits per heavy atom. The van der Waals surface area contributed by atoms with Crippen molar-refractivity contribution < 1.29 is 15.0 Å². The maximum Gasteiger partial charge on any atom is 0.176 e. The van der Waals surface area contributed by atoms with Crippen molar-refractivity contribution in [1.82, 2.24) is 0 Å². The molecule has 1 rings (SSSR count). The van der Waals surface area contributed by atoms with Crippen LogP contribution in [0.15, 0.2) is 12.1 Å². The highest BCUT2D eigenvalue weighted by molar-refractivity contribution is 5.81. The van der Waals surface area contributed by atoms with Crippen LogP contribution in [0.4, 0.5) is 0 Å². The smallest absolute Gasteiger partial charge is 0.176 e. The highest BCUT2D eigenvalue weighted by Gasteiger charge is 2.09. The third-order valence-corrected chi connectivity index (χ3v) is 1.43. The number of phenols is 2. The summed E-state index contributed by atoms with van der Waals surface area (Å²) < 4.78 is 0. The molecule has 0 amide bonds. The molecule has 0 atom stereocenters. The third-order valence-electron chi connectivity index (χ3n) is 1.43. The second kappa shape index (κ2) is 2.93. The Morgan fingerprint density at radius 1 is 1.33 bits per heavy atom. The monoisotopic (exact) mass is 163 g/mol. The van der Waals surface area contributed by atoms with Crippen molar-refractivity contribution in [3.05, 3.63) is 23.3 Å². The van der Waals surface area contributed by atoms with Crippen molar-refractivity contribution in [3.8, 4) is 17.6 Å². The van der Waals surface area contributed by atoms with E-state index in [4.69, 9.17) is 15.5 Å². The molecule has 2 N–H and O–H groups in total. The van der Waals surface area contributed by atoms with E-state index in [2.05, 4.69) is 0 Å². The van der Waals surface area contributed by atoms with Crippen LogP contribution in [0.5, 0.6) is 11.5 Å². The molecule has 4 nitrogen and oxygen atoms in total. The molecule has 0 radical (unpaired) electrons. The largest absolute Gasteiger partial charge is 0.504 e. The van der Waals surface area contributed by atoms with Gasteiger partial charge in [-0.3, -0.25) is 4.79 Å². The maximum atomic E-state index is 10.2. The molecule has 0 unspecified atom stereocenters. The lowest BCUT2D eigenvalue weighted by atomic mass is 10.1. The predicted molar refractivity (Wildman–Crippen MR) is 39.9 cm³/mol. The van der Waals surface area contributed by atoms with Crippen LogP contribution in [0.3, 0.4) is 0 Å². The van der Waals surface area contributed by atoms with Crippen molar-refractivity contribution in [2.24, 2.45) is 0 Å². The van der Waals surface area contributed by atoms with E-state index in [0.717, 1.165) is 0 Å². The van der Waals surface area contributed by atoms with Crippen LogP contribution in [0.1, 0.15) is 15.9 Å². The molecule has 0 saturated carbocycles. The van der Waals surface area contributed by atoms with Crippen molar-refractivity contribution in [2.75, 3.05) is 0 Å². The van der Waals surface area contributed by atoms with Gasteiger partial charge in [-0.05, 0) is 12.1 Å². The molecule has 4 heteroatoms. The third kappa shape index (κ3) is 1.08. The fourth-order valence-electron chi connectivity index (χ4n) is 0.781. The number of hydrogen-bond donors (Lipinski definition) is 2. The van der Waals surface area contributed by atoms with E-state index in [9.17, 15) is 4.79 Å². The Bertz CT molecular complexity index is 365. The van der Waals surface area contributed by atoms with E-state index < -0.39 is 11.5 Å². The van der Waals surface area contributed by atoms with Gasteiger partial charge in [-0.15, -0.1) is 0 Å². The van der Waals surface area contributed by atoms with Gasteiger partial charge in [0.2, 0.25) is 0 Å². The summed E-state index contributed by atoms with van der Waals surface area (Å²) in [6.07, 6.45) is 0.399. The van der Waals surface area contributed by atoms with Crippen LogP contribution in [0.25, 0.3) is 0 Å². The lowest BCUT2D eigenvalue weighted by molar-refractivity contribution is 0.112. The number of aldehydes is 1. The molecule has 0 aliphatic rings. The molecular weight excluding hydrogens is 158 g/mol. The van der Waals surface area contributed by atoms with Crippen LogP contribution < -0.4 is 0 Å². The molecule has 0 saturated heterocycles. The quantitative estimate of drug-likeness (QED) is 0.473. The van der Waals surface area contributed by atoms with E-state index in [0.29, 0.717) is 6.29 Å². The first-order valence-electron chi connectivity index (χ1n) is 3.11. The maximum absolute atomic E-state index is 10.2. The summed E-state index contributed by atoms with van der Waals surface area (Å²) in [5.41, 5.74) is -0.0930. The van der Waals surface area contributed by atoms with Crippen LogP contribution in [-0.2, 0) is 0 Å². The summed E-state index contributed by atoms with van der Waals surface area (Å²) in [5, 5.41) is 26.6. The number of carbonyl (C=O) groups is 1. The van der Waals surface area contributed by atoms with E-state index in [1.165, 1.54) is 12.1 Å². The van der Waals surface area contributed by atoms with Crippen molar-refractivity contribution >= 4 is 6.29 Å². The van der Waals surface area contributed by atoms with E-state index in [-0.39, 0.29) is 11.1 Å². The lowest BCUT2D eigenvalue weighted by Crippen LogP contribution is -1.84. The topological polar surface area (TPSA) is 81.3 Å². The molecule has 0 aromatic heterocycles. The molecule has 60 valence electrons. The number of nitriles is 1. The van der Waals surface area contributed by atoms with Gasteiger partial charge in [-0.25, -0.2) is 0 Å². The summed E-state index contributed by atoms with van der Waals surface area (Å²) in [6, 6.07) is 4.19. The Labute approximate surface area is 68.3 Å². The summed E-state index contributed by atoms with van der Waals surface area (Å²) in [6.45, 7) is 0. The van der Waals surface area contributed by atoms with Crippen LogP contribution in [-0.4, -0.2) is 16.5 Å². The minimum Gasteiger partial charge on any atom is -0.504 e. The average Bonchev–Trinajstić information content (AvgIpc) is 2.10. The molecular formula is C8H5NO3. The minimum absolute atomic E-state index is 0.0356. The van der Waals surface area contributed by atoms with E-state index >= 15 is 0 Å². The highest BCUT2D eigenvalue weighted by Crippen LogP contribution is 2.30. The molecule has 0 aliphatic heterocycles. The van der Waals surface area contributed by atoms with Gasteiger partial charge in [0.25, 0.3) is 0 Å². The Morgan fingerprint density at radius 3 is 2.50 bits per heavy atom. The van der Waals surface area contributed by atoms with Gasteiger partial charge in [0.15, 0.2) is 17.8 Å². The Kier molecular flexibility index (Phi) is 1.97. The molecule has 1 aromatic carbocycles. The van der Waals surface area contributed by atoms with E-state index in [1.54, 1.807) is 6.07 Å². The molecule has 0 fully saturated rings. The average molecular weight is 163 g/mol. The number of rotatable bonds is 1. The fraction of sp³-hybridized carbons (Fsp3) is 0. The van der Waals surface area contributed by atoms with Gasteiger partial charge < -0.3 is 10.2 Å². The first-order chi connectivity index (χ1) is 5.70. The molecule has 1 aromatic rings. The van der Waals surface area contributed by atoms with Gasteiger partial charge >= 0.3 is 0 Å². The number of aromatic hydroxyl groups is 2. The number of carbonyl (C=O) groups excluding carboxylic acids is 1. The number of nitrogens with zero attached hydrogens (tertiary/aromatic N) is 1. The lowest BCUT2D eigenvalue weighted by Gasteiger charge is -2.00. The number of hydrogen-bond acceptors (Lipinski definition) is 4. The second-order valence-electron chi connectivity index (χ2n) is 2.13. The van der Waals surface area contributed by atoms with E-state index in [1.807, 2.05) is 0 Å². The second-order valence-corrected chi connectivity index (χ2v) is 2.13. The van der Waals surface area contributed by atoms with Crippen LogP contribution in [0.2, 0.25) is 0 Å².